The number of nitrogens with one attached hydrogen (secondary N) is 1. The fourth-order valence-electron chi connectivity index (χ4n) is 4.39. The molecule has 2 unspecified atom stereocenters. The van der Waals surface area contributed by atoms with Gasteiger partial charge >= 0.3 is 0 Å². The van der Waals surface area contributed by atoms with Gasteiger partial charge in [-0.3, -0.25) is 0 Å². The molecule has 3 fully saturated rings. The maximum Gasteiger partial charge on any atom is 0.00122 e. The van der Waals surface area contributed by atoms with E-state index < -0.39 is 0 Å². The summed E-state index contributed by atoms with van der Waals surface area (Å²) in [5, 5.41) is 3.52. The molecule has 2 aliphatic heterocycles. The zero-order valence-corrected chi connectivity index (χ0v) is 9.26. The lowest BCUT2D eigenvalue weighted by Gasteiger charge is -2.49. The maximum atomic E-state index is 3.52. The second-order valence-corrected chi connectivity index (χ2v) is 5.68. The third-order valence-corrected chi connectivity index (χ3v) is 5.09. The lowest BCUT2D eigenvalue weighted by Crippen LogP contribution is -2.52. The van der Waals surface area contributed by atoms with Gasteiger partial charge in [0.05, 0.1) is 0 Å². The van der Waals surface area contributed by atoms with E-state index in [0.717, 1.165) is 17.3 Å². The predicted molar refractivity (Wildman–Crippen MR) is 58.2 cm³/mol. The molecule has 0 aromatic rings. The molecule has 2 nitrogen and oxygen atoms in total. The summed E-state index contributed by atoms with van der Waals surface area (Å²) in [5.74, 6) is 2.04. The first kappa shape index (κ1) is 9.17. The van der Waals surface area contributed by atoms with Crippen LogP contribution in [-0.2, 0) is 0 Å². The van der Waals surface area contributed by atoms with Crippen LogP contribution in [-0.4, -0.2) is 38.1 Å². The van der Waals surface area contributed by atoms with Crippen LogP contribution in [0.1, 0.15) is 25.7 Å². The molecular formula is C12H22N2. The summed E-state index contributed by atoms with van der Waals surface area (Å²) in [6, 6.07) is 0. The third kappa shape index (κ3) is 1.17. The minimum atomic E-state index is 0.762. The summed E-state index contributed by atoms with van der Waals surface area (Å²) in [5.41, 5.74) is 0.762. The molecule has 2 saturated heterocycles. The average Bonchev–Trinajstić information content (AvgIpc) is 2.40. The molecule has 3 rings (SSSR count). The Labute approximate surface area is 87.0 Å². The fourth-order valence-corrected chi connectivity index (χ4v) is 4.39. The van der Waals surface area contributed by atoms with Crippen molar-refractivity contribution in [3.05, 3.63) is 0 Å². The monoisotopic (exact) mass is 194 g/mol. The van der Waals surface area contributed by atoms with E-state index in [1.54, 1.807) is 0 Å². The van der Waals surface area contributed by atoms with Gasteiger partial charge in [-0.05, 0) is 63.1 Å². The highest BCUT2D eigenvalue weighted by Crippen LogP contribution is 2.55. The van der Waals surface area contributed by atoms with Gasteiger partial charge in [0.15, 0.2) is 0 Å². The Morgan fingerprint density at radius 2 is 1.64 bits per heavy atom. The molecule has 3 aliphatic rings. The van der Waals surface area contributed by atoms with Crippen molar-refractivity contribution in [2.45, 2.75) is 25.7 Å². The van der Waals surface area contributed by atoms with Crippen molar-refractivity contribution >= 4 is 0 Å². The zero-order valence-electron chi connectivity index (χ0n) is 9.26. The molecule has 0 radical (unpaired) electrons. The lowest BCUT2D eigenvalue weighted by molar-refractivity contribution is 0.00525. The Kier molecular flexibility index (Phi) is 2.10. The van der Waals surface area contributed by atoms with Gasteiger partial charge in [-0.15, -0.1) is 0 Å². The first-order valence-corrected chi connectivity index (χ1v) is 6.20. The van der Waals surface area contributed by atoms with Crippen molar-refractivity contribution in [1.29, 1.82) is 0 Å². The van der Waals surface area contributed by atoms with Crippen molar-refractivity contribution in [2.24, 2.45) is 17.3 Å². The Balaban J connectivity index is 1.85. The Bertz CT molecular complexity index is 204. The summed E-state index contributed by atoms with van der Waals surface area (Å²) in [4.78, 5) is 2.57. The van der Waals surface area contributed by atoms with Gasteiger partial charge in [0.1, 0.15) is 0 Å². The van der Waals surface area contributed by atoms with Gasteiger partial charge in [0.25, 0.3) is 0 Å². The molecule has 1 saturated carbocycles. The van der Waals surface area contributed by atoms with Crippen molar-refractivity contribution in [3.8, 4) is 0 Å². The molecule has 2 bridgehead atoms. The average molecular weight is 194 g/mol. The quantitative estimate of drug-likeness (QED) is 0.626. The van der Waals surface area contributed by atoms with E-state index in [1.165, 1.54) is 51.9 Å². The van der Waals surface area contributed by atoms with Crippen LogP contribution in [0, 0.1) is 17.3 Å². The van der Waals surface area contributed by atoms with Crippen LogP contribution < -0.4 is 5.32 Å². The van der Waals surface area contributed by atoms with Crippen LogP contribution in [0.3, 0.4) is 0 Å². The first-order chi connectivity index (χ1) is 6.81. The molecule has 80 valence electrons. The van der Waals surface area contributed by atoms with Gasteiger partial charge in [0, 0.05) is 13.1 Å². The van der Waals surface area contributed by atoms with E-state index in [9.17, 15) is 0 Å². The van der Waals surface area contributed by atoms with Gasteiger partial charge < -0.3 is 10.2 Å². The summed E-state index contributed by atoms with van der Waals surface area (Å²) in [6.45, 7) is 5.29. The highest BCUT2D eigenvalue weighted by atomic mass is 15.1. The maximum absolute atomic E-state index is 3.52. The lowest BCUT2D eigenvalue weighted by atomic mass is 9.64. The predicted octanol–water partition coefficient (Wildman–Crippen LogP) is 1.33. The topological polar surface area (TPSA) is 15.3 Å². The molecule has 0 aromatic carbocycles. The SMILES string of the molecule is CN1CC2CCC(C1)C21CCNCC1. The zero-order chi connectivity index (χ0) is 9.60. The van der Waals surface area contributed by atoms with Crippen molar-refractivity contribution in [1.82, 2.24) is 10.2 Å². The van der Waals surface area contributed by atoms with Gasteiger partial charge in [-0.2, -0.15) is 0 Å². The largest absolute Gasteiger partial charge is 0.317 e. The summed E-state index contributed by atoms with van der Waals surface area (Å²) in [6.07, 6.45) is 5.93. The van der Waals surface area contributed by atoms with Crippen molar-refractivity contribution < 1.29 is 0 Å². The van der Waals surface area contributed by atoms with Crippen LogP contribution in [0.4, 0.5) is 0 Å². The van der Waals surface area contributed by atoms with Crippen LogP contribution in [0.5, 0.6) is 0 Å². The Morgan fingerprint density at radius 3 is 2.21 bits per heavy atom. The normalized spacial score (nSPS) is 41.8. The van der Waals surface area contributed by atoms with E-state index in [4.69, 9.17) is 0 Å². The van der Waals surface area contributed by atoms with E-state index in [2.05, 4.69) is 17.3 Å². The molecule has 0 amide bonds. The number of hydrogen-bond acceptors (Lipinski definition) is 2. The first-order valence-electron chi connectivity index (χ1n) is 6.20. The highest BCUT2D eigenvalue weighted by molar-refractivity contribution is 5.04. The smallest absolute Gasteiger partial charge is 0.00122 e. The number of rotatable bonds is 0. The second kappa shape index (κ2) is 3.21. The molecule has 2 atom stereocenters. The summed E-state index contributed by atoms with van der Waals surface area (Å²) in [7, 11) is 2.30. The van der Waals surface area contributed by atoms with Crippen molar-refractivity contribution in [2.75, 3.05) is 33.2 Å². The minimum Gasteiger partial charge on any atom is -0.317 e. The second-order valence-electron chi connectivity index (χ2n) is 5.68. The Morgan fingerprint density at radius 1 is 1.07 bits per heavy atom. The molecule has 1 N–H and O–H groups in total. The molecule has 0 aromatic heterocycles. The molecule has 14 heavy (non-hydrogen) atoms. The van der Waals surface area contributed by atoms with Crippen LogP contribution in [0.15, 0.2) is 0 Å². The van der Waals surface area contributed by atoms with Crippen molar-refractivity contribution in [3.63, 3.8) is 0 Å². The molecule has 1 aliphatic carbocycles. The van der Waals surface area contributed by atoms with Gasteiger partial charge in [-0.25, -0.2) is 0 Å². The summed E-state index contributed by atoms with van der Waals surface area (Å²) < 4.78 is 0. The molecular weight excluding hydrogens is 172 g/mol. The molecule has 2 heterocycles. The number of piperidine rings is 2. The number of hydrogen-bond donors (Lipinski definition) is 1. The number of nitrogens with zero attached hydrogens (tertiary/aromatic N) is 1. The van der Waals surface area contributed by atoms with Crippen LogP contribution in [0.2, 0.25) is 0 Å². The third-order valence-electron chi connectivity index (χ3n) is 5.09. The number of likely N-dealkylation sites (tertiary alicyclic amines) is 1. The van der Waals surface area contributed by atoms with Crippen LogP contribution >= 0.6 is 0 Å². The standard InChI is InChI=1S/C12H22N2/c1-14-8-10-2-3-11(9-14)12(10)4-6-13-7-5-12/h10-11,13H,2-9H2,1H3. The molecule has 1 spiro atoms. The fraction of sp³-hybridized carbons (Fsp3) is 1.00. The minimum absolute atomic E-state index is 0.762. The highest BCUT2D eigenvalue weighted by Gasteiger charge is 2.52. The van der Waals surface area contributed by atoms with Gasteiger partial charge in [0.2, 0.25) is 0 Å². The Hall–Kier alpha value is -0.0800. The van der Waals surface area contributed by atoms with Gasteiger partial charge in [-0.1, -0.05) is 0 Å². The van der Waals surface area contributed by atoms with E-state index in [-0.39, 0.29) is 0 Å². The van der Waals surface area contributed by atoms with Crippen LogP contribution in [0.25, 0.3) is 0 Å². The van der Waals surface area contributed by atoms with E-state index in [0.29, 0.717) is 0 Å². The van der Waals surface area contributed by atoms with E-state index in [1.807, 2.05) is 0 Å². The summed E-state index contributed by atoms with van der Waals surface area (Å²) >= 11 is 0. The van der Waals surface area contributed by atoms with E-state index >= 15 is 0 Å². The molecule has 2 heteroatoms.